The third-order valence-electron chi connectivity index (χ3n) is 4.26. The quantitative estimate of drug-likeness (QED) is 0.907. The van der Waals surface area contributed by atoms with Crippen LogP contribution in [-0.2, 0) is 4.79 Å². The van der Waals surface area contributed by atoms with E-state index in [-0.39, 0.29) is 24.2 Å². The number of nitrogens with one attached hydrogen (secondary N) is 2. The Balaban J connectivity index is 0.00000192. The Bertz CT molecular complexity index is 656. The molecule has 3 rings (SSSR count). The summed E-state index contributed by atoms with van der Waals surface area (Å²) >= 11 is 0. The predicted molar refractivity (Wildman–Crippen MR) is 94.4 cm³/mol. The molecule has 0 bridgehead atoms. The van der Waals surface area contributed by atoms with E-state index in [0.29, 0.717) is 6.04 Å². The van der Waals surface area contributed by atoms with Crippen LogP contribution >= 0.6 is 12.4 Å². The van der Waals surface area contributed by atoms with Gasteiger partial charge in [-0.05, 0) is 45.4 Å². The van der Waals surface area contributed by atoms with E-state index >= 15 is 0 Å². The number of piperidine rings is 1. The van der Waals surface area contributed by atoms with Gasteiger partial charge in [0.1, 0.15) is 0 Å². The van der Waals surface area contributed by atoms with Crippen LogP contribution in [0.15, 0.2) is 36.5 Å². The summed E-state index contributed by atoms with van der Waals surface area (Å²) < 4.78 is 1.85. The van der Waals surface area contributed by atoms with E-state index in [9.17, 15) is 4.79 Å². The first-order valence-corrected chi connectivity index (χ1v) is 7.79. The van der Waals surface area contributed by atoms with Crippen LogP contribution in [0, 0.1) is 12.8 Å². The van der Waals surface area contributed by atoms with Gasteiger partial charge in [0.15, 0.2) is 0 Å². The summed E-state index contributed by atoms with van der Waals surface area (Å²) in [5.41, 5.74) is 2.73. The minimum absolute atomic E-state index is 0. The molecule has 0 saturated carbocycles. The fraction of sp³-hybridized carbons (Fsp3) is 0.412. The number of hydrogen-bond donors (Lipinski definition) is 2. The summed E-state index contributed by atoms with van der Waals surface area (Å²) in [6.45, 7) is 5.00. The Labute approximate surface area is 142 Å². The lowest BCUT2D eigenvalue weighted by atomic mass is 9.92. The zero-order valence-corrected chi connectivity index (χ0v) is 14.3. The summed E-state index contributed by atoms with van der Waals surface area (Å²) in [5.74, 6) is 0.180. The molecular formula is C17H23ClN4O. The van der Waals surface area contributed by atoms with Gasteiger partial charge < -0.3 is 10.6 Å². The van der Waals surface area contributed by atoms with Crippen LogP contribution in [0.3, 0.4) is 0 Å². The minimum atomic E-state index is 0. The molecular weight excluding hydrogens is 312 g/mol. The van der Waals surface area contributed by atoms with Crippen molar-refractivity contribution in [3.8, 4) is 5.69 Å². The van der Waals surface area contributed by atoms with Crippen LogP contribution in [0.25, 0.3) is 5.69 Å². The van der Waals surface area contributed by atoms with Crippen molar-refractivity contribution in [3.63, 3.8) is 0 Å². The first-order valence-electron chi connectivity index (χ1n) is 7.79. The Morgan fingerprint density at radius 2 is 2.09 bits per heavy atom. The maximum absolute atomic E-state index is 12.4. The number of anilines is 1. The zero-order valence-electron chi connectivity index (χ0n) is 13.5. The van der Waals surface area contributed by atoms with Crippen molar-refractivity contribution in [3.05, 3.63) is 42.2 Å². The van der Waals surface area contributed by atoms with Crippen molar-refractivity contribution >= 4 is 24.0 Å². The molecule has 0 radical (unpaired) electrons. The molecule has 1 aromatic carbocycles. The molecule has 2 N–H and O–H groups in total. The van der Waals surface area contributed by atoms with Crippen LogP contribution < -0.4 is 10.6 Å². The van der Waals surface area contributed by atoms with Gasteiger partial charge >= 0.3 is 0 Å². The largest absolute Gasteiger partial charge is 0.323 e. The van der Waals surface area contributed by atoms with Gasteiger partial charge in [-0.25, -0.2) is 4.68 Å². The normalized spacial score (nSPS) is 20.6. The molecule has 0 spiro atoms. The monoisotopic (exact) mass is 334 g/mol. The number of carbonyl (C=O) groups excluding carboxylic acids is 1. The Kier molecular flexibility index (Phi) is 5.80. The molecule has 6 heteroatoms. The van der Waals surface area contributed by atoms with Crippen LogP contribution in [0.4, 0.5) is 5.69 Å². The molecule has 5 nitrogen and oxygen atoms in total. The summed E-state index contributed by atoms with van der Waals surface area (Å²) in [6.07, 6.45) is 3.50. The molecule has 1 aromatic heterocycles. The Morgan fingerprint density at radius 1 is 1.35 bits per heavy atom. The molecule has 23 heavy (non-hydrogen) atoms. The number of rotatable bonds is 3. The molecule has 1 saturated heterocycles. The fourth-order valence-electron chi connectivity index (χ4n) is 2.97. The lowest BCUT2D eigenvalue weighted by Gasteiger charge is -2.27. The molecule has 0 aliphatic carbocycles. The third-order valence-corrected chi connectivity index (χ3v) is 4.26. The highest BCUT2D eigenvalue weighted by molar-refractivity contribution is 5.93. The van der Waals surface area contributed by atoms with Gasteiger partial charge in [0.25, 0.3) is 0 Å². The zero-order chi connectivity index (χ0) is 15.5. The number of para-hydroxylation sites is 1. The van der Waals surface area contributed by atoms with Crippen molar-refractivity contribution in [1.82, 2.24) is 15.1 Å². The van der Waals surface area contributed by atoms with Gasteiger partial charge in [-0.1, -0.05) is 18.2 Å². The first-order chi connectivity index (χ1) is 10.6. The number of aromatic nitrogens is 2. The average Bonchev–Trinajstić information content (AvgIpc) is 2.89. The molecule has 0 unspecified atom stereocenters. The molecule has 1 aliphatic rings. The average molecular weight is 335 g/mol. The number of nitrogens with zero attached hydrogens (tertiary/aromatic N) is 2. The third kappa shape index (κ3) is 3.92. The van der Waals surface area contributed by atoms with Gasteiger partial charge in [-0.15, -0.1) is 12.4 Å². The van der Waals surface area contributed by atoms with Crippen LogP contribution in [0.1, 0.15) is 25.5 Å². The molecule has 1 fully saturated rings. The van der Waals surface area contributed by atoms with Gasteiger partial charge in [0, 0.05) is 12.0 Å². The van der Waals surface area contributed by atoms with Crippen molar-refractivity contribution in [2.24, 2.45) is 5.92 Å². The highest BCUT2D eigenvalue weighted by Gasteiger charge is 2.25. The van der Waals surface area contributed by atoms with E-state index in [0.717, 1.165) is 36.5 Å². The Morgan fingerprint density at radius 3 is 2.78 bits per heavy atom. The lowest BCUT2D eigenvalue weighted by molar-refractivity contribution is -0.120. The number of hydrogen-bond acceptors (Lipinski definition) is 3. The van der Waals surface area contributed by atoms with Crippen LogP contribution in [-0.4, -0.2) is 28.3 Å². The number of carbonyl (C=O) groups is 1. The summed E-state index contributed by atoms with van der Waals surface area (Å²) in [5, 5.41) is 10.8. The van der Waals surface area contributed by atoms with Crippen LogP contribution in [0.2, 0.25) is 0 Å². The second kappa shape index (κ2) is 7.62. The number of amides is 1. The summed E-state index contributed by atoms with van der Waals surface area (Å²) in [6, 6.07) is 10.3. The van der Waals surface area contributed by atoms with E-state index in [1.807, 2.05) is 41.9 Å². The van der Waals surface area contributed by atoms with Crippen molar-refractivity contribution in [2.75, 3.05) is 11.9 Å². The van der Waals surface area contributed by atoms with E-state index < -0.39 is 0 Å². The summed E-state index contributed by atoms with van der Waals surface area (Å²) in [7, 11) is 0. The van der Waals surface area contributed by atoms with Gasteiger partial charge in [0.2, 0.25) is 5.91 Å². The molecule has 2 heterocycles. The molecule has 2 aromatic rings. The number of halogens is 1. The second-order valence-corrected chi connectivity index (χ2v) is 5.96. The van der Waals surface area contributed by atoms with E-state index in [4.69, 9.17) is 0 Å². The lowest BCUT2D eigenvalue weighted by Crippen LogP contribution is -2.40. The van der Waals surface area contributed by atoms with Gasteiger partial charge in [-0.2, -0.15) is 5.10 Å². The maximum Gasteiger partial charge on any atom is 0.227 e. The summed E-state index contributed by atoms with van der Waals surface area (Å²) in [4.78, 5) is 12.4. The molecule has 124 valence electrons. The van der Waals surface area contributed by atoms with Crippen molar-refractivity contribution < 1.29 is 4.79 Å². The smallest absolute Gasteiger partial charge is 0.227 e. The molecule has 1 amide bonds. The van der Waals surface area contributed by atoms with Crippen molar-refractivity contribution in [2.45, 2.75) is 32.7 Å². The van der Waals surface area contributed by atoms with E-state index in [1.165, 1.54) is 0 Å². The first kappa shape index (κ1) is 17.5. The number of benzene rings is 1. The molecule has 2 atom stereocenters. The standard InChI is InChI=1S/C17H22N4O.ClH/c1-12-10-14(8-9-18-12)17(22)20-16-11-19-21(13(16)2)15-6-4-3-5-7-15;/h3-7,11-12,14,18H,8-10H2,1-2H3,(H,20,22);1H/t12-,14-;/m0./s1. The maximum atomic E-state index is 12.4. The topological polar surface area (TPSA) is 59.0 Å². The minimum Gasteiger partial charge on any atom is -0.323 e. The highest BCUT2D eigenvalue weighted by atomic mass is 35.5. The highest BCUT2D eigenvalue weighted by Crippen LogP contribution is 2.22. The van der Waals surface area contributed by atoms with Crippen LogP contribution in [0.5, 0.6) is 0 Å². The predicted octanol–water partition coefficient (Wildman–Crippen LogP) is 2.93. The van der Waals surface area contributed by atoms with Crippen molar-refractivity contribution in [1.29, 1.82) is 0 Å². The SMILES string of the molecule is Cc1c(NC(=O)[C@H]2CCN[C@@H](C)C2)cnn1-c1ccccc1.Cl. The Hall–Kier alpha value is -1.85. The fourth-order valence-corrected chi connectivity index (χ4v) is 2.97. The molecule has 1 aliphatic heterocycles. The second-order valence-electron chi connectivity index (χ2n) is 5.96. The van der Waals surface area contributed by atoms with Gasteiger partial charge in [-0.3, -0.25) is 4.79 Å². The van der Waals surface area contributed by atoms with E-state index in [2.05, 4.69) is 22.7 Å². The van der Waals surface area contributed by atoms with Gasteiger partial charge in [0.05, 0.1) is 23.3 Å². The van der Waals surface area contributed by atoms with E-state index in [1.54, 1.807) is 6.20 Å².